The fraction of sp³-hybridized carbons (Fsp3) is 0.440. The number of nitrogens with zero attached hydrogens (tertiary/aromatic N) is 1. The molecule has 2 fully saturated rings. The number of carbonyl (C=O) groups excluding carboxylic acids is 2. The van der Waals surface area contributed by atoms with Gasteiger partial charge in [-0.3, -0.25) is 14.6 Å². The molecule has 36 heavy (non-hydrogen) atoms. The van der Waals surface area contributed by atoms with Crippen LogP contribution in [0.4, 0.5) is 5.69 Å². The third kappa shape index (κ3) is 6.91. The molecule has 1 aromatic heterocycles. The summed E-state index contributed by atoms with van der Waals surface area (Å²) in [6.07, 6.45) is 8.54. The van der Waals surface area contributed by atoms with Gasteiger partial charge in [-0.1, -0.05) is 48.2 Å². The normalized spacial score (nSPS) is 20.7. The second-order valence-corrected chi connectivity index (χ2v) is 11.5. The quantitative estimate of drug-likeness (QED) is 0.370. The highest BCUT2D eigenvalue weighted by atomic mass is 35.5. The van der Waals surface area contributed by atoms with Crippen molar-refractivity contribution in [3.8, 4) is 0 Å². The number of hydrogen-bond donors (Lipinski definition) is 4. The van der Waals surface area contributed by atoms with Crippen LogP contribution in [0.5, 0.6) is 0 Å². The number of amides is 2. The standard InChI is InChI=1S/C25H28Cl2N4O4S/c26-18-12-28-13-19(27)22(18)24(33)30-15-7-5-14(6-8-15)9-21(25(34)35)31-23(32)20-10-17(11-29-20)36-16-3-1-2-4-16/h5-8,12-13,16-17,20-21,29H,1-4,9-11H2,(H,30,33)(H,31,32)(H,34,35)/t17?,20-,21-/m0/s1. The lowest BCUT2D eigenvalue weighted by Crippen LogP contribution is -2.49. The topological polar surface area (TPSA) is 120 Å². The maximum Gasteiger partial charge on any atom is 0.326 e. The van der Waals surface area contributed by atoms with E-state index in [1.807, 2.05) is 11.8 Å². The summed E-state index contributed by atoms with van der Waals surface area (Å²) < 4.78 is 0. The number of nitrogens with one attached hydrogen (secondary N) is 3. The van der Waals surface area contributed by atoms with E-state index in [1.54, 1.807) is 24.3 Å². The molecule has 1 aliphatic heterocycles. The van der Waals surface area contributed by atoms with Crippen LogP contribution in [0, 0.1) is 0 Å². The van der Waals surface area contributed by atoms with E-state index < -0.39 is 17.9 Å². The summed E-state index contributed by atoms with van der Waals surface area (Å²) in [7, 11) is 0. The highest BCUT2D eigenvalue weighted by Crippen LogP contribution is 2.35. The van der Waals surface area contributed by atoms with Crippen LogP contribution in [-0.4, -0.2) is 57.0 Å². The molecule has 4 rings (SSSR count). The molecule has 0 radical (unpaired) electrons. The lowest BCUT2D eigenvalue weighted by molar-refractivity contribution is -0.142. The van der Waals surface area contributed by atoms with Crippen LogP contribution in [0.15, 0.2) is 36.7 Å². The van der Waals surface area contributed by atoms with Gasteiger partial charge in [-0.2, -0.15) is 11.8 Å². The Hall–Kier alpha value is -2.33. The lowest BCUT2D eigenvalue weighted by Gasteiger charge is -2.18. The summed E-state index contributed by atoms with van der Waals surface area (Å²) in [5.41, 5.74) is 1.31. The maximum absolute atomic E-state index is 12.8. The Bertz CT molecular complexity index is 1090. The number of aromatic nitrogens is 1. The first-order valence-corrected chi connectivity index (χ1v) is 13.6. The fourth-order valence-electron chi connectivity index (χ4n) is 4.56. The van der Waals surface area contributed by atoms with Crippen LogP contribution in [0.25, 0.3) is 0 Å². The van der Waals surface area contributed by atoms with Gasteiger partial charge >= 0.3 is 5.97 Å². The first-order chi connectivity index (χ1) is 17.3. The number of hydrogen-bond acceptors (Lipinski definition) is 6. The zero-order valence-corrected chi connectivity index (χ0v) is 21.8. The van der Waals surface area contributed by atoms with E-state index in [2.05, 4.69) is 20.9 Å². The van der Waals surface area contributed by atoms with Crippen molar-refractivity contribution in [2.75, 3.05) is 11.9 Å². The Morgan fingerprint density at radius 1 is 1.08 bits per heavy atom. The SMILES string of the molecule is O=C(Nc1ccc(C[C@H](NC(=O)[C@@H]2CC(SC3CCCC3)CN2)C(=O)O)cc1)c1c(Cl)cncc1Cl. The molecule has 1 aliphatic carbocycles. The van der Waals surface area contributed by atoms with E-state index in [0.29, 0.717) is 28.2 Å². The molecule has 4 N–H and O–H groups in total. The number of pyridine rings is 1. The zero-order chi connectivity index (χ0) is 25.7. The van der Waals surface area contributed by atoms with Crippen LogP contribution in [-0.2, 0) is 16.0 Å². The molecule has 8 nitrogen and oxygen atoms in total. The van der Waals surface area contributed by atoms with E-state index in [0.717, 1.165) is 6.54 Å². The Morgan fingerprint density at radius 3 is 2.39 bits per heavy atom. The molecule has 2 heterocycles. The monoisotopic (exact) mass is 550 g/mol. The van der Waals surface area contributed by atoms with E-state index in [1.165, 1.54) is 38.1 Å². The van der Waals surface area contributed by atoms with Gasteiger partial charge < -0.3 is 21.1 Å². The van der Waals surface area contributed by atoms with Gasteiger partial charge in [0.1, 0.15) is 6.04 Å². The third-order valence-electron chi connectivity index (χ3n) is 6.44. The molecular weight excluding hydrogens is 523 g/mol. The minimum Gasteiger partial charge on any atom is -0.480 e. The van der Waals surface area contributed by atoms with E-state index in [9.17, 15) is 19.5 Å². The Morgan fingerprint density at radius 2 is 1.75 bits per heavy atom. The highest BCUT2D eigenvalue weighted by molar-refractivity contribution is 8.00. The van der Waals surface area contributed by atoms with E-state index in [4.69, 9.17) is 23.2 Å². The van der Waals surface area contributed by atoms with Crippen molar-refractivity contribution in [2.24, 2.45) is 0 Å². The minimum absolute atomic E-state index is 0.115. The van der Waals surface area contributed by atoms with Crippen LogP contribution >= 0.6 is 35.0 Å². The van der Waals surface area contributed by atoms with Gasteiger partial charge in [0.05, 0.1) is 21.7 Å². The molecule has 11 heteroatoms. The average Bonchev–Trinajstić information content (AvgIpc) is 3.52. The predicted octanol–water partition coefficient (Wildman–Crippen LogP) is 4.16. The number of thioether (sulfide) groups is 1. The second kappa shape index (κ2) is 12.3. The number of carbonyl (C=O) groups is 3. The molecule has 3 atom stereocenters. The molecule has 2 amide bonds. The number of benzene rings is 1. The molecule has 1 unspecified atom stereocenters. The number of halogens is 2. The van der Waals surface area contributed by atoms with Crippen molar-refractivity contribution in [2.45, 2.75) is 61.1 Å². The largest absolute Gasteiger partial charge is 0.480 e. The number of anilines is 1. The van der Waals surface area contributed by atoms with Gasteiger partial charge in [0.15, 0.2) is 0 Å². The number of rotatable bonds is 9. The first kappa shape index (κ1) is 26.7. The molecule has 1 aromatic carbocycles. The average molecular weight is 551 g/mol. The van der Waals surface area contributed by atoms with E-state index >= 15 is 0 Å². The van der Waals surface area contributed by atoms with E-state index in [-0.39, 0.29) is 34.0 Å². The van der Waals surface area contributed by atoms with Crippen molar-refractivity contribution in [1.29, 1.82) is 0 Å². The van der Waals surface area contributed by atoms with Crippen LogP contribution < -0.4 is 16.0 Å². The molecule has 1 saturated heterocycles. The summed E-state index contributed by atoms with van der Waals surface area (Å²) in [6, 6.07) is 5.28. The van der Waals surface area contributed by atoms with Gasteiger partial charge in [-0.25, -0.2) is 4.79 Å². The van der Waals surface area contributed by atoms with Crippen LogP contribution in [0.1, 0.15) is 48.0 Å². The van der Waals surface area contributed by atoms with Gasteiger partial charge in [-0.15, -0.1) is 0 Å². The minimum atomic E-state index is -1.10. The Balaban J connectivity index is 1.31. The molecule has 1 saturated carbocycles. The summed E-state index contributed by atoms with van der Waals surface area (Å²) in [5.74, 6) is -1.87. The van der Waals surface area contributed by atoms with Gasteiger partial charge in [-0.05, 0) is 37.0 Å². The maximum atomic E-state index is 12.8. The van der Waals surface area contributed by atoms with Crippen molar-refractivity contribution < 1.29 is 19.5 Å². The van der Waals surface area contributed by atoms with Crippen LogP contribution in [0.3, 0.4) is 0 Å². The van der Waals surface area contributed by atoms with Crippen molar-refractivity contribution in [1.82, 2.24) is 15.6 Å². The van der Waals surface area contributed by atoms with Gasteiger partial charge in [0, 0.05) is 41.5 Å². The molecule has 2 aliphatic rings. The zero-order valence-electron chi connectivity index (χ0n) is 19.5. The third-order valence-corrected chi connectivity index (χ3v) is 8.61. The molecular formula is C25H28Cl2N4O4S. The number of carboxylic acids is 1. The molecule has 0 spiro atoms. The van der Waals surface area contributed by atoms with Crippen molar-refractivity contribution >= 4 is 58.4 Å². The second-order valence-electron chi connectivity index (χ2n) is 9.09. The van der Waals surface area contributed by atoms with Gasteiger partial charge in [0.2, 0.25) is 5.91 Å². The molecule has 192 valence electrons. The number of aliphatic carboxylic acids is 1. The molecule has 0 bridgehead atoms. The first-order valence-electron chi connectivity index (χ1n) is 11.9. The summed E-state index contributed by atoms with van der Waals surface area (Å²) in [6.45, 7) is 0.764. The number of carboxylic acid groups (broad SMARTS) is 1. The molecule has 2 aromatic rings. The lowest BCUT2D eigenvalue weighted by atomic mass is 10.0. The van der Waals surface area contributed by atoms with Gasteiger partial charge in [0.25, 0.3) is 5.91 Å². The van der Waals surface area contributed by atoms with Crippen molar-refractivity contribution in [3.05, 3.63) is 57.8 Å². The Labute approximate surface area is 223 Å². The van der Waals surface area contributed by atoms with Crippen molar-refractivity contribution in [3.63, 3.8) is 0 Å². The summed E-state index contributed by atoms with van der Waals surface area (Å²) >= 11 is 14.0. The highest BCUT2D eigenvalue weighted by Gasteiger charge is 2.33. The Kier molecular flexibility index (Phi) is 9.11. The smallest absolute Gasteiger partial charge is 0.326 e. The summed E-state index contributed by atoms with van der Waals surface area (Å²) in [5, 5.41) is 19.7. The van der Waals surface area contributed by atoms with Crippen LogP contribution in [0.2, 0.25) is 10.0 Å². The predicted molar refractivity (Wildman–Crippen MR) is 142 cm³/mol. The summed E-state index contributed by atoms with van der Waals surface area (Å²) in [4.78, 5) is 41.0. The fourth-order valence-corrected chi connectivity index (χ4v) is 6.74.